The van der Waals surface area contributed by atoms with Crippen LogP contribution in [0.15, 0.2) is 17.3 Å². The number of allylic oxidation sites excluding steroid dienone is 1. The van der Waals surface area contributed by atoms with Gasteiger partial charge in [0, 0.05) is 18.1 Å². The number of rotatable bonds is 1. The minimum Gasteiger partial charge on any atom is -0.261 e. The van der Waals surface area contributed by atoms with Crippen LogP contribution >= 0.6 is 8.58 Å². The maximum absolute atomic E-state index is 4.10. The summed E-state index contributed by atoms with van der Waals surface area (Å²) >= 11 is 0. The Morgan fingerprint density at radius 3 is 3.00 bits per heavy atom. The molecule has 7 heavy (non-hydrogen) atoms. The summed E-state index contributed by atoms with van der Waals surface area (Å²) in [7, 11) is 0.899. The molecule has 0 radical (unpaired) electrons. The monoisotopic (exact) mass is 113 g/mol. The topological polar surface area (TPSA) is 12.4 Å². The van der Waals surface area contributed by atoms with Crippen LogP contribution < -0.4 is 0 Å². The standard InChI is InChI=1S/C5H8NP/c1-7-5-3-2-4-6-5/h2,4,7H,3H2,1H3. The normalized spacial score (nSPS) is 19.3. The van der Waals surface area contributed by atoms with Gasteiger partial charge in [0.1, 0.15) is 0 Å². The first-order chi connectivity index (χ1) is 3.43. The second-order valence-electron chi connectivity index (χ2n) is 1.41. The Hall–Kier alpha value is -0.160. The fourth-order valence-electron chi connectivity index (χ4n) is 0.526. The van der Waals surface area contributed by atoms with Gasteiger partial charge in [-0.1, -0.05) is 14.7 Å². The molecule has 2 heteroatoms. The number of nitrogens with zero attached hydrogens (tertiary/aromatic N) is 1. The lowest BCUT2D eigenvalue weighted by Gasteiger charge is -1.86. The number of aliphatic imine (C=N–C) groups is 1. The average molecular weight is 113 g/mol. The molecule has 38 valence electrons. The largest absolute Gasteiger partial charge is 0.261 e. The molecule has 0 saturated heterocycles. The van der Waals surface area contributed by atoms with Crippen LogP contribution in [0.3, 0.4) is 0 Å². The predicted octanol–water partition coefficient (Wildman–Crippen LogP) is 1.61. The van der Waals surface area contributed by atoms with Crippen molar-refractivity contribution < 1.29 is 0 Å². The zero-order chi connectivity index (χ0) is 5.11. The predicted molar refractivity (Wildman–Crippen MR) is 35.4 cm³/mol. The van der Waals surface area contributed by atoms with Crippen molar-refractivity contribution in [3.05, 3.63) is 12.3 Å². The Kier molecular flexibility index (Phi) is 1.59. The second-order valence-corrected chi connectivity index (χ2v) is 2.49. The van der Waals surface area contributed by atoms with Crippen molar-refractivity contribution >= 4 is 14.0 Å². The highest BCUT2D eigenvalue weighted by atomic mass is 31.1. The Bertz CT molecular complexity index is 115. The molecule has 0 aliphatic carbocycles. The third-order valence-corrected chi connectivity index (χ3v) is 1.85. The lowest BCUT2D eigenvalue weighted by molar-refractivity contribution is 1.59. The van der Waals surface area contributed by atoms with E-state index in [-0.39, 0.29) is 0 Å². The summed E-state index contributed by atoms with van der Waals surface area (Å²) in [6, 6.07) is 0. The van der Waals surface area contributed by atoms with E-state index >= 15 is 0 Å². The van der Waals surface area contributed by atoms with Gasteiger partial charge >= 0.3 is 0 Å². The lowest BCUT2D eigenvalue weighted by Crippen LogP contribution is -1.77. The minimum absolute atomic E-state index is 0.899. The first-order valence-electron chi connectivity index (χ1n) is 2.33. The van der Waals surface area contributed by atoms with Gasteiger partial charge in [0.15, 0.2) is 0 Å². The van der Waals surface area contributed by atoms with Gasteiger partial charge < -0.3 is 0 Å². The molecule has 1 aliphatic heterocycles. The van der Waals surface area contributed by atoms with Gasteiger partial charge in [-0.3, -0.25) is 4.99 Å². The Labute approximate surface area is 45.3 Å². The van der Waals surface area contributed by atoms with Crippen LogP contribution in [0.25, 0.3) is 0 Å². The summed E-state index contributed by atoms with van der Waals surface area (Å²) in [5, 5.41) is 0. The third kappa shape index (κ3) is 1.10. The van der Waals surface area contributed by atoms with Crippen molar-refractivity contribution in [3.63, 3.8) is 0 Å². The van der Waals surface area contributed by atoms with Gasteiger partial charge in [-0.15, -0.1) is 0 Å². The summed E-state index contributed by atoms with van der Waals surface area (Å²) in [6.45, 7) is 2.16. The highest BCUT2D eigenvalue weighted by Crippen LogP contribution is 2.14. The number of hydrogen-bond donors (Lipinski definition) is 0. The molecule has 0 amide bonds. The van der Waals surface area contributed by atoms with Crippen molar-refractivity contribution in [2.24, 2.45) is 4.99 Å². The van der Waals surface area contributed by atoms with Crippen LogP contribution in [0.4, 0.5) is 0 Å². The van der Waals surface area contributed by atoms with Crippen LogP contribution in [0.2, 0.25) is 0 Å². The van der Waals surface area contributed by atoms with Crippen LogP contribution in [0, 0.1) is 0 Å². The SMILES string of the molecule is CPC1=NC=CC1. The summed E-state index contributed by atoms with van der Waals surface area (Å²) in [4.78, 5) is 4.10. The van der Waals surface area contributed by atoms with Crippen LogP contribution in [-0.4, -0.2) is 12.1 Å². The van der Waals surface area contributed by atoms with Crippen molar-refractivity contribution in [3.8, 4) is 0 Å². The molecule has 0 saturated carbocycles. The lowest BCUT2D eigenvalue weighted by atomic mass is 10.5. The van der Waals surface area contributed by atoms with E-state index in [1.54, 1.807) is 0 Å². The quantitative estimate of drug-likeness (QED) is 0.458. The molecule has 0 spiro atoms. The van der Waals surface area contributed by atoms with Gasteiger partial charge in [-0.25, -0.2) is 0 Å². The summed E-state index contributed by atoms with van der Waals surface area (Å²) in [6.07, 6.45) is 5.06. The molecule has 1 heterocycles. The molecule has 1 nitrogen and oxygen atoms in total. The van der Waals surface area contributed by atoms with Crippen LogP contribution in [-0.2, 0) is 0 Å². The highest BCUT2D eigenvalue weighted by Gasteiger charge is 1.94. The van der Waals surface area contributed by atoms with Gasteiger partial charge in [-0.05, 0) is 6.66 Å². The van der Waals surface area contributed by atoms with E-state index in [9.17, 15) is 0 Å². The minimum atomic E-state index is 0.899. The molecule has 1 atom stereocenters. The van der Waals surface area contributed by atoms with E-state index in [1.807, 2.05) is 6.20 Å². The van der Waals surface area contributed by atoms with Gasteiger partial charge in [0.2, 0.25) is 0 Å². The molecule has 0 fully saturated rings. The van der Waals surface area contributed by atoms with E-state index in [0.29, 0.717) is 0 Å². The maximum Gasteiger partial charge on any atom is 0.0412 e. The first-order valence-corrected chi connectivity index (χ1v) is 3.83. The van der Waals surface area contributed by atoms with Crippen molar-refractivity contribution in [1.82, 2.24) is 0 Å². The van der Waals surface area contributed by atoms with E-state index in [4.69, 9.17) is 0 Å². The molecular formula is C5H8NP. The van der Waals surface area contributed by atoms with E-state index in [2.05, 4.69) is 17.7 Å². The fraction of sp³-hybridized carbons (Fsp3) is 0.400. The molecule has 0 aromatic heterocycles. The first kappa shape index (κ1) is 4.99. The second kappa shape index (κ2) is 2.23. The van der Waals surface area contributed by atoms with E-state index in [1.165, 1.54) is 5.45 Å². The molecular weight excluding hydrogens is 105 g/mol. The summed E-state index contributed by atoms with van der Waals surface area (Å²) in [5.41, 5.74) is 1.33. The van der Waals surface area contributed by atoms with Crippen molar-refractivity contribution in [2.45, 2.75) is 6.42 Å². The zero-order valence-electron chi connectivity index (χ0n) is 4.31. The van der Waals surface area contributed by atoms with Gasteiger partial charge in [0.05, 0.1) is 0 Å². The molecule has 1 aliphatic rings. The van der Waals surface area contributed by atoms with Crippen LogP contribution in [0.5, 0.6) is 0 Å². The molecule has 0 aromatic carbocycles. The average Bonchev–Trinajstić information content (AvgIpc) is 2.14. The molecule has 1 unspecified atom stereocenters. The molecule has 0 N–H and O–H groups in total. The molecule has 1 rings (SSSR count). The van der Waals surface area contributed by atoms with Gasteiger partial charge in [0.25, 0.3) is 0 Å². The van der Waals surface area contributed by atoms with Gasteiger partial charge in [-0.2, -0.15) is 0 Å². The van der Waals surface area contributed by atoms with Crippen molar-refractivity contribution in [2.75, 3.05) is 6.66 Å². The summed E-state index contributed by atoms with van der Waals surface area (Å²) in [5.74, 6) is 0. The maximum atomic E-state index is 4.10. The zero-order valence-corrected chi connectivity index (χ0v) is 5.31. The van der Waals surface area contributed by atoms with E-state index in [0.717, 1.165) is 15.0 Å². The van der Waals surface area contributed by atoms with Crippen molar-refractivity contribution in [1.29, 1.82) is 0 Å². The fourth-order valence-corrected chi connectivity index (χ4v) is 1.05. The Morgan fingerprint density at radius 2 is 2.71 bits per heavy atom. The Morgan fingerprint density at radius 1 is 1.86 bits per heavy atom. The highest BCUT2D eigenvalue weighted by molar-refractivity contribution is 7.57. The third-order valence-electron chi connectivity index (χ3n) is 0.936. The summed E-state index contributed by atoms with van der Waals surface area (Å²) < 4.78 is 0. The molecule has 0 bridgehead atoms. The molecule has 0 aromatic rings. The Balaban J connectivity index is 2.45. The number of hydrogen-bond acceptors (Lipinski definition) is 1. The van der Waals surface area contributed by atoms with E-state index < -0.39 is 0 Å². The van der Waals surface area contributed by atoms with Crippen LogP contribution in [0.1, 0.15) is 6.42 Å². The smallest absolute Gasteiger partial charge is 0.0412 e.